The summed E-state index contributed by atoms with van der Waals surface area (Å²) in [4.78, 5) is 15.6. The van der Waals surface area contributed by atoms with Gasteiger partial charge < -0.3 is 9.94 Å². The summed E-state index contributed by atoms with van der Waals surface area (Å²) in [5, 5.41) is 11.8. The summed E-state index contributed by atoms with van der Waals surface area (Å²) in [6.07, 6.45) is -5.72. The number of rotatable bonds is 9. The number of nitrogens with two attached hydrogens (primary N) is 1. The molecule has 7 nitrogen and oxygen atoms in total. The summed E-state index contributed by atoms with van der Waals surface area (Å²) in [7, 11) is -4.28. The number of anilines is 1. The summed E-state index contributed by atoms with van der Waals surface area (Å²) in [5.41, 5.74) is -1.05. The maximum absolute atomic E-state index is 13.7. The molecule has 3 aromatic rings. The van der Waals surface area contributed by atoms with Crippen LogP contribution in [-0.2, 0) is 20.5 Å². The Morgan fingerprint density at radius 2 is 1.71 bits per heavy atom. The normalized spacial score (nSPS) is 12.7. The van der Waals surface area contributed by atoms with Gasteiger partial charge in [-0.3, -0.25) is 4.31 Å². The maximum Gasteiger partial charge on any atom is 0.389 e. The molecule has 190 valence electrons. The number of sulfonamides is 1. The molecule has 0 aliphatic rings. The van der Waals surface area contributed by atoms with E-state index in [4.69, 9.17) is 5.90 Å². The van der Waals surface area contributed by atoms with E-state index in [1.165, 1.54) is 38.1 Å². The fourth-order valence-electron chi connectivity index (χ4n) is 3.67. The number of hydrogen-bond donors (Lipinski definition) is 2. The molecule has 0 saturated heterocycles. The van der Waals surface area contributed by atoms with Gasteiger partial charge in [-0.05, 0) is 57.0 Å². The third-order valence-corrected chi connectivity index (χ3v) is 8.39. The Bertz CT molecular complexity index is 1300. The van der Waals surface area contributed by atoms with Crippen molar-refractivity contribution in [1.82, 2.24) is 0 Å². The fourth-order valence-corrected chi connectivity index (χ4v) is 6.78. The number of thiophene rings is 1. The predicted molar refractivity (Wildman–Crippen MR) is 128 cm³/mol. The lowest BCUT2D eigenvalue weighted by molar-refractivity contribution is -0.135. The summed E-state index contributed by atoms with van der Waals surface area (Å²) in [6.45, 7) is 2.81. The third kappa shape index (κ3) is 6.13. The topological polar surface area (TPSA) is 110 Å². The van der Waals surface area contributed by atoms with Crippen LogP contribution in [-0.4, -0.2) is 32.2 Å². The van der Waals surface area contributed by atoms with E-state index in [9.17, 15) is 31.5 Å². The van der Waals surface area contributed by atoms with E-state index in [-0.39, 0.29) is 34.8 Å². The molecule has 0 spiro atoms. The van der Waals surface area contributed by atoms with E-state index in [1.807, 2.05) is 0 Å². The quantitative estimate of drug-likeness (QED) is 0.295. The van der Waals surface area contributed by atoms with Crippen molar-refractivity contribution in [2.24, 2.45) is 5.90 Å². The molecular weight excluding hydrogens is 505 g/mol. The van der Waals surface area contributed by atoms with Crippen LogP contribution in [0.4, 0.5) is 18.2 Å². The molecule has 2 aromatic carbocycles. The Labute approximate surface area is 204 Å². The molecule has 0 fully saturated rings. The predicted octanol–water partition coefficient (Wildman–Crippen LogP) is 5.09. The molecule has 0 radical (unpaired) electrons. The van der Waals surface area contributed by atoms with Gasteiger partial charge in [0.15, 0.2) is 0 Å². The average molecular weight is 531 g/mol. The number of halogens is 3. The first-order chi connectivity index (χ1) is 16.3. The van der Waals surface area contributed by atoms with Crippen molar-refractivity contribution < 1.29 is 36.3 Å². The lowest BCUT2D eigenvalue weighted by atomic mass is 9.97. The summed E-state index contributed by atoms with van der Waals surface area (Å²) < 4.78 is 67.2. The van der Waals surface area contributed by atoms with Crippen LogP contribution in [0, 0.1) is 0 Å². The van der Waals surface area contributed by atoms with Gasteiger partial charge in [-0.15, -0.1) is 11.3 Å². The van der Waals surface area contributed by atoms with Crippen molar-refractivity contribution in [3.8, 4) is 0 Å². The molecule has 1 aromatic heterocycles. The average Bonchev–Trinajstić information content (AvgIpc) is 3.17. The molecule has 3 N–H and O–H groups in total. The SMILES string of the molecule is CC(C)(O)c1c(N(CCCCC(F)(F)F)S(=O)(=O)c2ccc(C(=O)ON)cc2)sc2ccccc12. The van der Waals surface area contributed by atoms with Gasteiger partial charge in [-0.25, -0.2) is 13.2 Å². The van der Waals surface area contributed by atoms with Gasteiger partial charge in [-0.1, -0.05) is 18.2 Å². The van der Waals surface area contributed by atoms with Gasteiger partial charge in [0, 0.05) is 28.6 Å². The van der Waals surface area contributed by atoms with Crippen LogP contribution >= 0.6 is 11.3 Å². The van der Waals surface area contributed by atoms with E-state index in [0.717, 1.165) is 20.3 Å². The second-order valence-electron chi connectivity index (χ2n) is 8.42. The van der Waals surface area contributed by atoms with Crippen molar-refractivity contribution in [3.05, 3.63) is 59.7 Å². The molecule has 0 atom stereocenters. The van der Waals surface area contributed by atoms with Crippen molar-refractivity contribution >= 4 is 42.4 Å². The highest BCUT2D eigenvalue weighted by molar-refractivity contribution is 7.93. The van der Waals surface area contributed by atoms with Crippen LogP contribution in [0.5, 0.6) is 0 Å². The number of alkyl halides is 3. The van der Waals surface area contributed by atoms with E-state index < -0.39 is 34.2 Å². The molecule has 12 heteroatoms. The van der Waals surface area contributed by atoms with E-state index >= 15 is 0 Å². The molecule has 0 saturated carbocycles. The maximum atomic E-state index is 13.7. The van der Waals surface area contributed by atoms with E-state index in [2.05, 4.69) is 4.84 Å². The Hall–Kier alpha value is -2.67. The first-order valence-corrected chi connectivity index (χ1v) is 12.9. The highest BCUT2D eigenvalue weighted by Gasteiger charge is 2.34. The molecule has 35 heavy (non-hydrogen) atoms. The van der Waals surface area contributed by atoms with Crippen LogP contribution in [0.1, 0.15) is 49.0 Å². The minimum absolute atomic E-state index is 0.0298. The summed E-state index contributed by atoms with van der Waals surface area (Å²) in [6, 6.07) is 11.9. The van der Waals surface area contributed by atoms with Gasteiger partial charge in [0.05, 0.1) is 16.1 Å². The monoisotopic (exact) mass is 530 g/mol. The number of carbonyl (C=O) groups is 1. The lowest BCUT2D eigenvalue weighted by Gasteiger charge is -2.28. The first kappa shape index (κ1) is 26.9. The minimum Gasteiger partial charge on any atom is -0.386 e. The Morgan fingerprint density at radius 3 is 2.29 bits per heavy atom. The first-order valence-electron chi connectivity index (χ1n) is 10.6. The number of benzene rings is 2. The second-order valence-corrected chi connectivity index (χ2v) is 11.3. The van der Waals surface area contributed by atoms with E-state index in [0.29, 0.717) is 10.9 Å². The van der Waals surface area contributed by atoms with Crippen LogP contribution in [0.2, 0.25) is 0 Å². The molecule has 0 unspecified atom stereocenters. The third-order valence-electron chi connectivity index (χ3n) is 5.27. The van der Waals surface area contributed by atoms with E-state index in [1.54, 1.807) is 24.3 Å². The fraction of sp³-hybridized carbons (Fsp3) is 0.348. The molecule has 1 heterocycles. The van der Waals surface area contributed by atoms with Crippen LogP contribution in [0.25, 0.3) is 10.1 Å². The van der Waals surface area contributed by atoms with Crippen LogP contribution in [0.3, 0.4) is 0 Å². The number of hydrogen-bond acceptors (Lipinski definition) is 7. The van der Waals surface area contributed by atoms with Crippen molar-refractivity contribution in [2.75, 3.05) is 10.8 Å². The zero-order valence-electron chi connectivity index (χ0n) is 19.0. The second kappa shape index (κ2) is 10.1. The number of fused-ring (bicyclic) bond motifs is 1. The lowest BCUT2D eigenvalue weighted by Crippen LogP contribution is -2.33. The highest BCUT2D eigenvalue weighted by Crippen LogP contribution is 2.45. The van der Waals surface area contributed by atoms with Crippen molar-refractivity contribution in [1.29, 1.82) is 0 Å². The molecule has 0 aliphatic carbocycles. The standard InChI is InChI=1S/C23H25F3N2O5S2/c1-22(2,30)19-17-7-3-4-8-18(17)34-20(19)28(14-6-5-13-23(24,25)26)35(31,32)16-11-9-15(10-12-16)21(29)33-27/h3-4,7-12,30H,5-6,13-14,27H2,1-2H3. The van der Waals surface area contributed by atoms with Gasteiger partial charge in [0.25, 0.3) is 10.0 Å². The molecule has 0 amide bonds. The zero-order valence-corrected chi connectivity index (χ0v) is 20.6. The van der Waals surface area contributed by atoms with Crippen LogP contribution < -0.4 is 10.2 Å². The highest BCUT2D eigenvalue weighted by atomic mass is 32.2. The minimum atomic E-state index is -4.35. The summed E-state index contributed by atoms with van der Waals surface area (Å²) >= 11 is 1.13. The Kier molecular flexibility index (Phi) is 7.80. The molecule has 0 bridgehead atoms. The molecular formula is C23H25F3N2O5S2. The van der Waals surface area contributed by atoms with Gasteiger partial charge in [-0.2, -0.15) is 19.1 Å². The Balaban J connectivity index is 2.11. The molecule has 0 aliphatic heterocycles. The largest absolute Gasteiger partial charge is 0.389 e. The van der Waals surface area contributed by atoms with Crippen LogP contribution in [0.15, 0.2) is 53.4 Å². The smallest absolute Gasteiger partial charge is 0.386 e. The van der Waals surface area contributed by atoms with Gasteiger partial charge in [0.1, 0.15) is 5.00 Å². The Morgan fingerprint density at radius 1 is 1.09 bits per heavy atom. The summed E-state index contributed by atoms with van der Waals surface area (Å²) in [5.74, 6) is 4.01. The van der Waals surface area contributed by atoms with Crippen molar-refractivity contribution in [3.63, 3.8) is 0 Å². The van der Waals surface area contributed by atoms with Gasteiger partial charge in [0.2, 0.25) is 0 Å². The van der Waals surface area contributed by atoms with Crippen molar-refractivity contribution in [2.45, 2.75) is 49.8 Å². The number of aliphatic hydroxyl groups is 1. The van der Waals surface area contributed by atoms with Gasteiger partial charge >= 0.3 is 12.1 Å². The number of carbonyl (C=O) groups excluding carboxylic acids is 1. The number of nitrogens with zero attached hydrogens (tertiary/aromatic N) is 1. The zero-order chi connectivity index (χ0) is 26.0. The number of unbranched alkanes of at least 4 members (excludes halogenated alkanes) is 1. The molecule has 3 rings (SSSR count).